The highest BCUT2D eigenvalue weighted by Crippen LogP contribution is 2.18. The van der Waals surface area contributed by atoms with Crippen molar-refractivity contribution in [2.75, 3.05) is 34.3 Å². The predicted octanol–water partition coefficient (Wildman–Crippen LogP) is 2.61. The van der Waals surface area contributed by atoms with Gasteiger partial charge in [0.25, 0.3) is 0 Å². The number of benzene rings is 1. The van der Waals surface area contributed by atoms with E-state index < -0.39 is 0 Å². The van der Waals surface area contributed by atoms with Crippen LogP contribution in [0.15, 0.2) is 33.8 Å². The summed E-state index contributed by atoms with van der Waals surface area (Å²) in [5, 5.41) is 10.9. The van der Waals surface area contributed by atoms with Crippen LogP contribution in [-0.4, -0.2) is 50.3 Å². The molecule has 1 aromatic heterocycles. The van der Waals surface area contributed by atoms with Gasteiger partial charge >= 0.3 is 0 Å². The lowest BCUT2D eigenvalue weighted by Gasteiger charge is -2.16. The lowest BCUT2D eigenvalue weighted by Crippen LogP contribution is -2.36. The first-order chi connectivity index (χ1) is 13.6. The molecule has 154 valence electrons. The molecule has 0 bridgehead atoms. The van der Waals surface area contributed by atoms with E-state index in [9.17, 15) is 0 Å². The molecule has 1 aromatic carbocycles. The summed E-state index contributed by atoms with van der Waals surface area (Å²) >= 11 is 0. The Morgan fingerprint density at radius 1 is 1.14 bits per heavy atom. The molecule has 28 heavy (non-hydrogen) atoms. The fourth-order valence-electron chi connectivity index (χ4n) is 2.84. The Kier molecular flexibility index (Phi) is 8.81. The number of likely N-dealkylation sites (N-methyl/N-ethyl adjacent to an activating group) is 1. The zero-order valence-electron chi connectivity index (χ0n) is 17.7. The van der Waals surface area contributed by atoms with E-state index in [1.165, 1.54) is 0 Å². The van der Waals surface area contributed by atoms with Crippen molar-refractivity contribution in [1.82, 2.24) is 20.7 Å². The van der Waals surface area contributed by atoms with Crippen molar-refractivity contribution in [1.29, 1.82) is 0 Å². The molecule has 0 aliphatic carbocycles. The summed E-state index contributed by atoms with van der Waals surface area (Å²) in [5.74, 6) is 2.56. The van der Waals surface area contributed by atoms with Crippen LogP contribution in [0.2, 0.25) is 0 Å². The molecule has 0 aliphatic rings. The number of aromatic nitrogens is 1. The summed E-state index contributed by atoms with van der Waals surface area (Å²) in [6.07, 6.45) is 1.68. The first kappa shape index (κ1) is 21.8. The minimum Gasteiger partial charge on any atom is -0.492 e. The SMILES string of the molecule is CCc1noc(CC)c1CNC(=NC)NCc1ccccc1OCCN(C)C. The first-order valence-corrected chi connectivity index (χ1v) is 9.85. The van der Waals surface area contributed by atoms with E-state index in [4.69, 9.17) is 9.26 Å². The maximum atomic E-state index is 5.93. The molecule has 0 saturated heterocycles. The van der Waals surface area contributed by atoms with Gasteiger partial charge in [-0.05, 0) is 26.6 Å². The zero-order chi connectivity index (χ0) is 20.4. The Labute approximate surface area is 168 Å². The van der Waals surface area contributed by atoms with Gasteiger partial charge in [-0.3, -0.25) is 4.99 Å². The smallest absolute Gasteiger partial charge is 0.191 e. The van der Waals surface area contributed by atoms with Gasteiger partial charge in [-0.25, -0.2) is 0 Å². The topological polar surface area (TPSA) is 74.9 Å². The van der Waals surface area contributed by atoms with E-state index in [2.05, 4.69) is 45.6 Å². The lowest BCUT2D eigenvalue weighted by atomic mass is 10.1. The van der Waals surface area contributed by atoms with Gasteiger partial charge in [-0.1, -0.05) is 37.2 Å². The molecule has 0 amide bonds. The average Bonchev–Trinajstić information content (AvgIpc) is 3.10. The second-order valence-corrected chi connectivity index (χ2v) is 6.78. The summed E-state index contributed by atoms with van der Waals surface area (Å²) < 4.78 is 11.4. The predicted molar refractivity (Wildman–Crippen MR) is 113 cm³/mol. The van der Waals surface area contributed by atoms with Crippen LogP contribution in [0.5, 0.6) is 5.75 Å². The molecule has 0 radical (unpaired) electrons. The number of para-hydroxylation sites is 1. The second kappa shape index (κ2) is 11.3. The van der Waals surface area contributed by atoms with E-state index in [0.717, 1.165) is 53.7 Å². The molecule has 7 heteroatoms. The zero-order valence-corrected chi connectivity index (χ0v) is 17.7. The maximum Gasteiger partial charge on any atom is 0.191 e. The van der Waals surface area contributed by atoms with Crippen molar-refractivity contribution in [3.63, 3.8) is 0 Å². The Hall–Kier alpha value is -2.54. The number of aryl methyl sites for hydroxylation is 2. The van der Waals surface area contributed by atoms with E-state index >= 15 is 0 Å². The van der Waals surface area contributed by atoms with Crippen LogP contribution in [0.3, 0.4) is 0 Å². The molecule has 2 aromatic rings. The third-order valence-electron chi connectivity index (χ3n) is 4.48. The van der Waals surface area contributed by atoms with Gasteiger partial charge in [-0.2, -0.15) is 0 Å². The third-order valence-corrected chi connectivity index (χ3v) is 4.48. The fraction of sp³-hybridized carbons (Fsp3) is 0.524. The van der Waals surface area contributed by atoms with Crippen LogP contribution in [0.1, 0.15) is 36.4 Å². The summed E-state index contributed by atoms with van der Waals surface area (Å²) in [5.41, 5.74) is 3.22. The van der Waals surface area contributed by atoms with Crippen LogP contribution in [0.25, 0.3) is 0 Å². The number of rotatable bonds is 10. The van der Waals surface area contributed by atoms with Crippen LogP contribution in [0.4, 0.5) is 0 Å². The third kappa shape index (κ3) is 6.27. The number of hydrogen-bond donors (Lipinski definition) is 2. The van der Waals surface area contributed by atoms with Crippen LogP contribution >= 0.6 is 0 Å². The molecule has 0 spiro atoms. The van der Waals surface area contributed by atoms with Gasteiger partial charge in [0.15, 0.2) is 5.96 Å². The standard InChI is InChI=1S/C21H33N5O2/c1-6-18-17(19(7-2)28-25-18)15-24-21(22-3)23-14-16-10-8-9-11-20(16)27-13-12-26(4)5/h8-11H,6-7,12-15H2,1-5H3,(H2,22,23,24). The number of nitrogens with one attached hydrogen (secondary N) is 2. The highest BCUT2D eigenvalue weighted by Gasteiger charge is 2.13. The molecule has 0 fully saturated rings. The van der Waals surface area contributed by atoms with Crippen molar-refractivity contribution in [3.8, 4) is 5.75 Å². The van der Waals surface area contributed by atoms with E-state index in [-0.39, 0.29) is 0 Å². The van der Waals surface area contributed by atoms with Crippen molar-refractivity contribution in [2.24, 2.45) is 4.99 Å². The average molecular weight is 388 g/mol. The quantitative estimate of drug-likeness (QED) is 0.482. The van der Waals surface area contributed by atoms with Crippen molar-refractivity contribution < 1.29 is 9.26 Å². The van der Waals surface area contributed by atoms with Crippen molar-refractivity contribution in [3.05, 3.63) is 46.8 Å². The molecule has 1 heterocycles. The van der Waals surface area contributed by atoms with Gasteiger partial charge in [0, 0.05) is 44.2 Å². The van der Waals surface area contributed by atoms with Gasteiger partial charge in [0.1, 0.15) is 18.1 Å². The normalized spacial score (nSPS) is 11.7. The van der Waals surface area contributed by atoms with Crippen LogP contribution in [0, 0.1) is 0 Å². The van der Waals surface area contributed by atoms with Crippen LogP contribution < -0.4 is 15.4 Å². The number of nitrogens with zero attached hydrogens (tertiary/aromatic N) is 3. The van der Waals surface area contributed by atoms with Gasteiger partial charge in [0.2, 0.25) is 0 Å². The molecule has 2 rings (SSSR count). The van der Waals surface area contributed by atoms with E-state index in [1.54, 1.807) is 7.05 Å². The van der Waals surface area contributed by atoms with Crippen LogP contribution in [-0.2, 0) is 25.9 Å². The van der Waals surface area contributed by atoms with Gasteiger partial charge in [-0.15, -0.1) is 0 Å². The summed E-state index contributed by atoms with van der Waals surface area (Å²) in [6, 6.07) is 8.08. The molecule has 0 atom stereocenters. The first-order valence-electron chi connectivity index (χ1n) is 9.85. The highest BCUT2D eigenvalue weighted by atomic mass is 16.5. The molecular weight excluding hydrogens is 354 g/mol. The largest absolute Gasteiger partial charge is 0.492 e. The molecule has 2 N–H and O–H groups in total. The second-order valence-electron chi connectivity index (χ2n) is 6.78. The summed E-state index contributed by atoms with van der Waals surface area (Å²) in [6.45, 7) is 6.96. The Balaban J connectivity index is 1.93. The fourth-order valence-corrected chi connectivity index (χ4v) is 2.84. The molecule has 0 aliphatic heterocycles. The molecule has 7 nitrogen and oxygen atoms in total. The highest BCUT2D eigenvalue weighted by molar-refractivity contribution is 5.79. The summed E-state index contributed by atoms with van der Waals surface area (Å²) in [7, 11) is 5.84. The molecular formula is C21H33N5O2. The van der Waals surface area contributed by atoms with Crippen molar-refractivity contribution >= 4 is 5.96 Å². The lowest BCUT2D eigenvalue weighted by molar-refractivity contribution is 0.259. The molecule has 0 unspecified atom stereocenters. The Morgan fingerprint density at radius 2 is 1.89 bits per heavy atom. The Bertz CT molecular complexity index is 734. The summed E-state index contributed by atoms with van der Waals surface area (Å²) in [4.78, 5) is 6.43. The minimum atomic E-state index is 0.628. The monoisotopic (exact) mass is 387 g/mol. The van der Waals surface area contributed by atoms with E-state index in [0.29, 0.717) is 19.7 Å². The maximum absolute atomic E-state index is 5.93. The number of guanidine groups is 1. The Morgan fingerprint density at radius 3 is 2.57 bits per heavy atom. The minimum absolute atomic E-state index is 0.628. The van der Waals surface area contributed by atoms with Crippen molar-refractivity contribution in [2.45, 2.75) is 39.8 Å². The van der Waals surface area contributed by atoms with Gasteiger partial charge in [0.05, 0.1) is 5.69 Å². The number of ether oxygens (including phenoxy) is 1. The number of aliphatic imine (C=N–C) groups is 1. The van der Waals surface area contributed by atoms with E-state index in [1.807, 2.05) is 32.3 Å². The molecule has 0 saturated carbocycles. The number of hydrogen-bond acceptors (Lipinski definition) is 5. The van der Waals surface area contributed by atoms with Gasteiger partial charge < -0.3 is 24.8 Å².